The molecular weight excluding hydrogens is 372 g/mol. The van der Waals surface area contributed by atoms with Crippen molar-refractivity contribution in [2.75, 3.05) is 32.8 Å². The molecule has 0 radical (unpaired) electrons. The van der Waals surface area contributed by atoms with Gasteiger partial charge in [0.25, 0.3) is 0 Å². The van der Waals surface area contributed by atoms with Crippen molar-refractivity contribution in [1.29, 1.82) is 0 Å². The number of rotatable bonds is 7. The largest absolute Gasteiger partial charge is 0.492 e. The van der Waals surface area contributed by atoms with E-state index in [9.17, 15) is 14.4 Å². The molecule has 0 spiro atoms. The molecule has 4 amide bonds. The van der Waals surface area contributed by atoms with Crippen LogP contribution >= 0.6 is 0 Å². The van der Waals surface area contributed by atoms with Gasteiger partial charge in [-0.15, -0.1) is 0 Å². The zero-order valence-electron chi connectivity index (χ0n) is 16.9. The maximum atomic E-state index is 12.6. The molecular formula is C21H30N4O4. The van der Waals surface area contributed by atoms with Crippen LogP contribution in [0.1, 0.15) is 26.2 Å². The summed E-state index contributed by atoms with van der Waals surface area (Å²) in [5.74, 6) is 0.507. The number of ether oxygens (including phenoxy) is 1. The predicted molar refractivity (Wildman–Crippen MR) is 108 cm³/mol. The quantitative estimate of drug-likeness (QED) is 0.595. The van der Waals surface area contributed by atoms with Crippen LogP contribution in [0.5, 0.6) is 5.75 Å². The normalized spacial score (nSPS) is 23.6. The summed E-state index contributed by atoms with van der Waals surface area (Å²) in [6.07, 6.45) is 2.11. The molecule has 3 atom stereocenters. The van der Waals surface area contributed by atoms with Crippen LogP contribution in [0.15, 0.2) is 30.3 Å². The summed E-state index contributed by atoms with van der Waals surface area (Å²) in [7, 11) is 0. The molecule has 0 unspecified atom stereocenters. The highest BCUT2D eigenvalue weighted by molar-refractivity contribution is 5.85. The fourth-order valence-electron chi connectivity index (χ4n) is 3.99. The van der Waals surface area contributed by atoms with Crippen LogP contribution in [0.3, 0.4) is 0 Å². The van der Waals surface area contributed by atoms with Gasteiger partial charge < -0.3 is 25.6 Å². The van der Waals surface area contributed by atoms with Crippen molar-refractivity contribution in [2.24, 2.45) is 11.8 Å². The Hall–Kier alpha value is -2.77. The zero-order chi connectivity index (χ0) is 20.6. The lowest BCUT2D eigenvalue weighted by molar-refractivity contribution is -0.125. The molecule has 1 aromatic rings. The first kappa shape index (κ1) is 21.0. The maximum Gasteiger partial charge on any atom is 0.317 e. The van der Waals surface area contributed by atoms with Crippen molar-refractivity contribution in [3.63, 3.8) is 0 Å². The molecule has 1 aliphatic heterocycles. The molecule has 1 aromatic carbocycles. The molecule has 8 heteroatoms. The van der Waals surface area contributed by atoms with Crippen LogP contribution in [-0.4, -0.2) is 61.6 Å². The lowest BCUT2D eigenvalue weighted by Gasteiger charge is -2.23. The number of nitrogens with zero attached hydrogens (tertiary/aromatic N) is 1. The van der Waals surface area contributed by atoms with E-state index in [0.717, 1.165) is 12.2 Å². The molecule has 3 N–H and O–H groups in total. The molecule has 1 aliphatic carbocycles. The Morgan fingerprint density at radius 1 is 1.17 bits per heavy atom. The van der Waals surface area contributed by atoms with E-state index in [1.807, 2.05) is 37.3 Å². The van der Waals surface area contributed by atoms with Crippen molar-refractivity contribution >= 4 is 17.8 Å². The van der Waals surface area contributed by atoms with Gasteiger partial charge in [0.1, 0.15) is 18.9 Å². The summed E-state index contributed by atoms with van der Waals surface area (Å²) in [6.45, 7) is 3.95. The second-order valence-electron chi connectivity index (χ2n) is 7.67. The first-order valence-electron chi connectivity index (χ1n) is 10.3. The molecule has 1 heterocycles. The summed E-state index contributed by atoms with van der Waals surface area (Å²) >= 11 is 0. The van der Waals surface area contributed by atoms with Gasteiger partial charge in [-0.3, -0.25) is 9.59 Å². The van der Waals surface area contributed by atoms with Crippen LogP contribution in [0.4, 0.5) is 4.79 Å². The molecule has 0 bridgehead atoms. The number of nitrogens with one attached hydrogen (secondary N) is 3. The smallest absolute Gasteiger partial charge is 0.317 e. The van der Waals surface area contributed by atoms with Gasteiger partial charge in [-0.25, -0.2) is 4.79 Å². The van der Waals surface area contributed by atoms with Gasteiger partial charge in [-0.1, -0.05) is 25.1 Å². The lowest BCUT2D eigenvalue weighted by Crippen LogP contribution is -2.44. The van der Waals surface area contributed by atoms with Crippen LogP contribution in [0.25, 0.3) is 0 Å². The van der Waals surface area contributed by atoms with Gasteiger partial charge in [-0.2, -0.15) is 0 Å². The molecule has 2 aliphatic rings. The molecule has 8 nitrogen and oxygen atoms in total. The third-order valence-corrected chi connectivity index (χ3v) is 5.43. The molecule has 3 rings (SSSR count). The molecule has 29 heavy (non-hydrogen) atoms. The van der Waals surface area contributed by atoms with Crippen molar-refractivity contribution in [3.8, 4) is 5.75 Å². The monoisotopic (exact) mass is 402 g/mol. The van der Waals surface area contributed by atoms with Crippen LogP contribution in [-0.2, 0) is 9.59 Å². The summed E-state index contributed by atoms with van der Waals surface area (Å²) in [5, 5.41) is 8.74. The first-order chi connectivity index (χ1) is 14.1. The van der Waals surface area contributed by atoms with E-state index in [4.69, 9.17) is 4.74 Å². The number of carbonyl (C=O) groups excluding carboxylic acids is 3. The molecule has 2 fully saturated rings. The Balaban J connectivity index is 1.46. The van der Waals surface area contributed by atoms with Gasteiger partial charge >= 0.3 is 6.03 Å². The fourth-order valence-corrected chi connectivity index (χ4v) is 3.99. The molecule has 1 saturated carbocycles. The molecule has 1 saturated heterocycles. The maximum absolute atomic E-state index is 12.6. The highest BCUT2D eigenvalue weighted by Gasteiger charge is 2.42. The Morgan fingerprint density at radius 2 is 1.97 bits per heavy atom. The number of carbonyl (C=O) groups is 3. The van der Waals surface area contributed by atoms with Crippen LogP contribution in [0.2, 0.25) is 0 Å². The Kier molecular flexibility index (Phi) is 7.32. The lowest BCUT2D eigenvalue weighted by atomic mass is 10.0. The summed E-state index contributed by atoms with van der Waals surface area (Å²) in [5.41, 5.74) is 0. The van der Waals surface area contributed by atoms with Gasteiger partial charge in [-0.05, 0) is 37.3 Å². The van der Waals surface area contributed by atoms with Gasteiger partial charge in [0.05, 0.1) is 6.54 Å². The second-order valence-corrected chi connectivity index (χ2v) is 7.67. The average Bonchev–Trinajstić information content (AvgIpc) is 3.04. The van der Waals surface area contributed by atoms with Gasteiger partial charge in [0, 0.05) is 25.0 Å². The summed E-state index contributed by atoms with van der Waals surface area (Å²) in [6, 6.07) is 9.18. The van der Waals surface area contributed by atoms with E-state index in [1.165, 1.54) is 0 Å². The van der Waals surface area contributed by atoms with E-state index in [1.54, 1.807) is 4.90 Å². The number of amides is 4. The van der Waals surface area contributed by atoms with E-state index in [2.05, 4.69) is 16.0 Å². The number of fused-ring (bicyclic) bond motifs is 1. The first-order valence-corrected chi connectivity index (χ1v) is 10.3. The average molecular weight is 402 g/mol. The third kappa shape index (κ3) is 5.85. The number of hydrogen-bond acceptors (Lipinski definition) is 4. The Labute approximate surface area is 171 Å². The number of urea groups is 1. The van der Waals surface area contributed by atoms with Gasteiger partial charge in [0.15, 0.2) is 0 Å². The number of benzene rings is 1. The van der Waals surface area contributed by atoms with E-state index in [0.29, 0.717) is 39.1 Å². The van der Waals surface area contributed by atoms with Crippen molar-refractivity contribution in [1.82, 2.24) is 20.9 Å². The van der Waals surface area contributed by atoms with Crippen LogP contribution < -0.4 is 20.7 Å². The van der Waals surface area contributed by atoms with Crippen molar-refractivity contribution < 1.29 is 19.1 Å². The molecule has 0 aromatic heterocycles. The summed E-state index contributed by atoms with van der Waals surface area (Å²) < 4.78 is 5.59. The fraction of sp³-hybridized carbons (Fsp3) is 0.571. The SMILES string of the molecule is CCCNC(=O)N1CC(=O)N[C@@H]2C[C@@H](C(=O)NCCOc3ccccc3)C[C@@H]2C1. The summed E-state index contributed by atoms with van der Waals surface area (Å²) in [4.78, 5) is 38.6. The highest BCUT2D eigenvalue weighted by Crippen LogP contribution is 2.33. The Bertz CT molecular complexity index is 712. The minimum atomic E-state index is -0.214. The number of hydrogen-bond donors (Lipinski definition) is 3. The molecule has 158 valence electrons. The predicted octanol–water partition coefficient (Wildman–Crippen LogP) is 1.13. The minimum absolute atomic E-state index is 0.0223. The third-order valence-electron chi connectivity index (χ3n) is 5.43. The minimum Gasteiger partial charge on any atom is -0.492 e. The second kappa shape index (κ2) is 10.1. The van der Waals surface area contributed by atoms with E-state index >= 15 is 0 Å². The Morgan fingerprint density at radius 3 is 2.72 bits per heavy atom. The van der Waals surface area contributed by atoms with E-state index < -0.39 is 0 Å². The van der Waals surface area contributed by atoms with Gasteiger partial charge in [0.2, 0.25) is 11.8 Å². The van der Waals surface area contributed by atoms with Crippen LogP contribution in [0, 0.1) is 11.8 Å². The topological polar surface area (TPSA) is 99.8 Å². The number of para-hydroxylation sites is 1. The standard InChI is InChI=1S/C21H30N4O4/c1-2-8-23-21(28)25-13-16-11-15(12-18(16)24-19(26)14-25)20(27)22-9-10-29-17-6-4-3-5-7-17/h3-7,15-16,18H,2,8-14H2,1H3,(H,22,27)(H,23,28)(H,24,26)/t15-,16+,18+/m0/s1. The zero-order valence-corrected chi connectivity index (χ0v) is 16.9. The van der Waals surface area contributed by atoms with Crippen molar-refractivity contribution in [2.45, 2.75) is 32.2 Å². The van der Waals surface area contributed by atoms with Crippen molar-refractivity contribution in [3.05, 3.63) is 30.3 Å². The van der Waals surface area contributed by atoms with E-state index in [-0.39, 0.29) is 42.3 Å². The highest BCUT2D eigenvalue weighted by atomic mass is 16.5.